The predicted octanol–water partition coefficient (Wildman–Crippen LogP) is 2.68. The molecule has 0 fully saturated rings. The van der Waals surface area contributed by atoms with Crippen molar-refractivity contribution in [3.05, 3.63) is 52.3 Å². The summed E-state index contributed by atoms with van der Waals surface area (Å²) in [4.78, 5) is 0.285. The molecule has 3 aromatic rings. The number of aromatic nitrogens is 1. The zero-order valence-electron chi connectivity index (χ0n) is 14.0. The molecule has 27 heavy (non-hydrogen) atoms. The summed E-state index contributed by atoms with van der Waals surface area (Å²) in [5, 5.41) is 0.409. The van der Waals surface area contributed by atoms with Crippen LogP contribution in [0, 0.1) is 12.3 Å². The third-order valence-electron chi connectivity index (χ3n) is 3.64. The Bertz CT molecular complexity index is 1340. The van der Waals surface area contributed by atoms with Crippen LogP contribution in [0.25, 0.3) is 10.2 Å². The molecular weight excluding hydrogens is 428 g/mol. The third-order valence-corrected chi connectivity index (χ3v) is 7.44. The van der Waals surface area contributed by atoms with Crippen molar-refractivity contribution in [1.82, 2.24) is 4.57 Å². The van der Waals surface area contributed by atoms with Crippen LogP contribution in [0.4, 0.5) is 0 Å². The molecular formula is C17H13ClN2O4S3. The Hall–Kier alpha value is -2.12. The molecule has 10 heteroatoms. The van der Waals surface area contributed by atoms with Crippen LogP contribution in [0.2, 0.25) is 5.02 Å². The van der Waals surface area contributed by atoms with Crippen LogP contribution in [0.3, 0.4) is 0 Å². The minimum Gasteiger partial charge on any atom is -0.304 e. The molecule has 3 rings (SSSR count). The molecule has 0 N–H and O–H groups in total. The van der Waals surface area contributed by atoms with E-state index in [9.17, 15) is 16.8 Å². The Morgan fingerprint density at radius 3 is 2.33 bits per heavy atom. The summed E-state index contributed by atoms with van der Waals surface area (Å²) < 4.78 is 54.8. The lowest BCUT2D eigenvalue weighted by molar-refractivity contribution is 0.595. The van der Waals surface area contributed by atoms with E-state index in [0.717, 1.165) is 17.6 Å². The number of benzene rings is 2. The molecule has 0 amide bonds. The minimum atomic E-state index is -3.99. The summed E-state index contributed by atoms with van der Waals surface area (Å²) in [6, 6.07) is 10.2. The van der Waals surface area contributed by atoms with Gasteiger partial charge < -0.3 is 4.57 Å². The first kappa shape index (κ1) is 19.6. The molecule has 0 aliphatic carbocycles. The summed E-state index contributed by atoms with van der Waals surface area (Å²) in [6.07, 6.45) is 6.51. The Labute approximate surface area is 165 Å². The first-order valence-electron chi connectivity index (χ1n) is 7.45. The van der Waals surface area contributed by atoms with Gasteiger partial charge in [-0.2, -0.15) is 8.42 Å². The molecule has 0 aliphatic heterocycles. The molecule has 0 radical (unpaired) electrons. The fourth-order valence-corrected chi connectivity index (χ4v) is 5.48. The van der Waals surface area contributed by atoms with Crippen LogP contribution < -0.4 is 4.80 Å². The molecule has 0 spiro atoms. The van der Waals surface area contributed by atoms with Crippen molar-refractivity contribution in [1.29, 1.82) is 0 Å². The fourth-order valence-electron chi connectivity index (χ4n) is 2.36. The van der Waals surface area contributed by atoms with Gasteiger partial charge in [0.2, 0.25) is 4.80 Å². The largest absolute Gasteiger partial charge is 0.304 e. The van der Waals surface area contributed by atoms with Crippen LogP contribution in [0.1, 0.15) is 0 Å². The Balaban J connectivity index is 2.26. The molecule has 0 aliphatic rings. The maximum Gasteiger partial charge on any atom is 0.285 e. The monoisotopic (exact) mass is 440 g/mol. The summed E-state index contributed by atoms with van der Waals surface area (Å²) >= 11 is 6.84. The quantitative estimate of drug-likeness (QED) is 0.584. The van der Waals surface area contributed by atoms with Crippen LogP contribution in [0.15, 0.2) is 56.7 Å². The van der Waals surface area contributed by atoms with E-state index in [1.54, 1.807) is 10.6 Å². The van der Waals surface area contributed by atoms with Gasteiger partial charge in [-0.05, 0) is 42.5 Å². The number of sulfonamides is 1. The van der Waals surface area contributed by atoms with Crippen LogP contribution >= 0.6 is 22.9 Å². The number of hydrogen-bond acceptors (Lipinski definition) is 5. The van der Waals surface area contributed by atoms with Gasteiger partial charge in [-0.25, -0.2) is 8.42 Å². The topological polar surface area (TPSA) is 85.6 Å². The van der Waals surface area contributed by atoms with E-state index in [-0.39, 0.29) is 21.1 Å². The van der Waals surface area contributed by atoms with E-state index in [4.69, 9.17) is 18.0 Å². The van der Waals surface area contributed by atoms with E-state index >= 15 is 0 Å². The Morgan fingerprint density at radius 1 is 1.11 bits per heavy atom. The lowest BCUT2D eigenvalue weighted by Crippen LogP contribution is -2.16. The van der Waals surface area contributed by atoms with Gasteiger partial charge in [-0.1, -0.05) is 28.9 Å². The molecule has 0 saturated heterocycles. The highest BCUT2D eigenvalue weighted by Crippen LogP contribution is 2.23. The van der Waals surface area contributed by atoms with Gasteiger partial charge >= 0.3 is 0 Å². The number of halogens is 1. The molecule has 0 unspecified atom stereocenters. The highest BCUT2D eigenvalue weighted by atomic mass is 35.5. The summed E-state index contributed by atoms with van der Waals surface area (Å²) in [6.45, 7) is 0.0905. The molecule has 0 saturated carbocycles. The zero-order valence-corrected chi connectivity index (χ0v) is 17.2. The summed E-state index contributed by atoms with van der Waals surface area (Å²) in [7, 11) is -7.38. The van der Waals surface area contributed by atoms with Gasteiger partial charge in [0, 0.05) is 11.3 Å². The zero-order chi connectivity index (χ0) is 19.8. The van der Waals surface area contributed by atoms with Gasteiger partial charge in [-0.3, -0.25) is 0 Å². The normalized spacial score (nSPS) is 13.0. The summed E-state index contributed by atoms with van der Waals surface area (Å²) in [5.74, 6) is 2.46. The third kappa shape index (κ3) is 4.09. The van der Waals surface area contributed by atoms with E-state index in [0.29, 0.717) is 15.2 Å². The maximum atomic E-state index is 12.6. The van der Waals surface area contributed by atoms with Gasteiger partial charge in [-0.15, -0.1) is 10.8 Å². The second kappa shape index (κ2) is 7.13. The highest BCUT2D eigenvalue weighted by Gasteiger charge is 2.16. The van der Waals surface area contributed by atoms with Crippen LogP contribution in [0.5, 0.6) is 0 Å². The minimum absolute atomic E-state index is 0.00608. The van der Waals surface area contributed by atoms with Gasteiger partial charge in [0.1, 0.15) is 0 Å². The van der Waals surface area contributed by atoms with E-state index in [1.807, 2.05) is 0 Å². The second-order valence-electron chi connectivity index (χ2n) is 5.60. The number of sulfone groups is 1. The molecule has 140 valence electrons. The van der Waals surface area contributed by atoms with Gasteiger partial charge in [0.15, 0.2) is 9.84 Å². The first-order chi connectivity index (χ1) is 12.6. The van der Waals surface area contributed by atoms with E-state index in [2.05, 4.69) is 10.3 Å². The molecule has 1 aromatic heterocycles. The van der Waals surface area contributed by atoms with Crippen molar-refractivity contribution < 1.29 is 16.8 Å². The van der Waals surface area contributed by atoms with E-state index < -0.39 is 19.9 Å². The summed E-state index contributed by atoms with van der Waals surface area (Å²) in [5.41, 5.74) is 0.607. The SMILES string of the molecule is C#CCn1/c(=N/S(=O)(=O)c2ccc(Cl)cc2)sc2cc(S(C)(=O)=O)ccc21. The average Bonchev–Trinajstić information content (AvgIpc) is 2.91. The molecule has 0 atom stereocenters. The molecule has 0 bridgehead atoms. The number of terminal acetylenes is 1. The lowest BCUT2D eigenvalue weighted by Gasteiger charge is -2.02. The van der Waals surface area contributed by atoms with Crippen LogP contribution in [-0.2, 0) is 26.4 Å². The van der Waals surface area contributed by atoms with Crippen molar-refractivity contribution in [3.8, 4) is 12.3 Å². The van der Waals surface area contributed by atoms with Crippen molar-refractivity contribution in [3.63, 3.8) is 0 Å². The fraction of sp³-hybridized carbons (Fsp3) is 0.118. The number of rotatable bonds is 4. The molecule has 6 nitrogen and oxygen atoms in total. The lowest BCUT2D eigenvalue weighted by atomic mass is 10.3. The predicted molar refractivity (Wildman–Crippen MR) is 106 cm³/mol. The van der Waals surface area contributed by atoms with Crippen molar-refractivity contribution >= 4 is 53.0 Å². The average molecular weight is 441 g/mol. The highest BCUT2D eigenvalue weighted by molar-refractivity contribution is 7.90. The van der Waals surface area contributed by atoms with Crippen molar-refractivity contribution in [2.24, 2.45) is 4.40 Å². The van der Waals surface area contributed by atoms with Crippen LogP contribution in [-0.4, -0.2) is 27.7 Å². The molecule has 1 heterocycles. The molecule has 2 aromatic carbocycles. The maximum absolute atomic E-state index is 12.6. The van der Waals surface area contributed by atoms with Crippen molar-refractivity contribution in [2.45, 2.75) is 16.3 Å². The van der Waals surface area contributed by atoms with E-state index in [1.165, 1.54) is 36.4 Å². The number of hydrogen-bond donors (Lipinski definition) is 0. The number of nitrogens with zero attached hydrogens (tertiary/aromatic N) is 2. The number of thiazole rings is 1. The smallest absolute Gasteiger partial charge is 0.285 e. The van der Waals surface area contributed by atoms with Gasteiger partial charge in [0.05, 0.1) is 26.6 Å². The standard InChI is InChI=1S/C17H13ClN2O4S3/c1-3-10-20-15-9-8-14(26(2,21)22)11-16(15)25-17(20)19-27(23,24)13-6-4-12(18)5-7-13/h1,4-9,11H,10H2,2H3/b19-17-. The Kier molecular flexibility index (Phi) is 5.18. The first-order valence-corrected chi connectivity index (χ1v) is 12.0. The Morgan fingerprint density at radius 2 is 1.74 bits per heavy atom. The second-order valence-corrected chi connectivity index (χ2v) is 10.7. The number of fused-ring (bicyclic) bond motifs is 1. The van der Waals surface area contributed by atoms with Gasteiger partial charge in [0.25, 0.3) is 10.0 Å². The van der Waals surface area contributed by atoms with Crippen molar-refractivity contribution in [2.75, 3.05) is 6.26 Å².